The number of aliphatic hydroxyl groups is 1. The molecule has 0 bridgehead atoms. The molecule has 23 heavy (non-hydrogen) atoms. The second-order valence-corrected chi connectivity index (χ2v) is 6.69. The standard InChI is InChI=1S/C17H25N3O2S/c1-12(16(11-21)23-2)20-17(22)18-9-5-6-13-10-19-15-8-4-3-7-14(13)15/h3-4,7-8,10,12,16,19,21H,5-6,9,11H2,1-2H3,(H2,18,20,22). The average Bonchev–Trinajstić information content (AvgIpc) is 2.96. The van der Waals surface area contributed by atoms with Gasteiger partial charge in [-0.2, -0.15) is 11.8 Å². The molecule has 2 rings (SSSR count). The second-order valence-electron chi connectivity index (χ2n) is 5.61. The molecule has 0 radical (unpaired) electrons. The summed E-state index contributed by atoms with van der Waals surface area (Å²) >= 11 is 1.55. The summed E-state index contributed by atoms with van der Waals surface area (Å²) in [6, 6.07) is 7.99. The molecular weight excluding hydrogens is 310 g/mol. The molecule has 2 unspecified atom stereocenters. The van der Waals surface area contributed by atoms with Crippen LogP contribution in [0.5, 0.6) is 0 Å². The summed E-state index contributed by atoms with van der Waals surface area (Å²) in [6.07, 6.45) is 5.77. The monoisotopic (exact) mass is 335 g/mol. The minimum atomic E-state index is -0.177. The molecule has 6 heteroatoms. The van der Waals surface area contributed by atoms with Crippen molar-refractivity contribution < 1.29 is 9.90 Å². The lowest BCUT2D eigenvalue weighted by Crippen LogP contribution is -2.46. The molecule has 0 aliphatic rings. The van der Waals surface area contributed by atoms with E-state index in [4.69, 9.17) is 0 Å². The molecule has 0 saturated carbocycles. The fourth-order valence-corrected chi connectivity index (χ4v) is 3.23. The first-order valence-electron chi connectivity index (χ1n) is 7.88. The minimum Gasteiger partial charge on any atom is -0.395 e. The van der Waals surface area contributed by atoms with Crippen LogP contribution in [0.1, 0.15) is 18.9 Å². The van der Waals surface area contributed by atoms with Crippen LogP contribution in [0, 0.1) is 0 Å². The highest BCUT2D eigenvalue weighted by molar-refractivity contribution is 7.99. The van der Waals surface area contributed by atoms with E-state index in [9.17, 15) is 9.90 Å². The largest absolute Gasteiger partial charge is 0.395 e. The zero-order valence-electron chi connectivity index (χ0n) is 13.6. The Hall–Kier alpha value is -1.66. The highest BCUT2D eigenvalue weighted by atomic mass is 32.2. The van der Waals surface area contributed by atoms with Gasteiger partial charge in [-0.1, -0.05) is 18.2 Å². The van der Waals surface area contributed by atoms with Crippen LogP contribution in [0.2, 0.25) is 0 Å². The van der Waals surface area contributed by atoms with Crippen LogP contribution in [0.3, 0.4) is 0 Å². The van der Waals surface area contributed by atoms with Gasteiger partial charge in [0.05, 0.1) is 6.61 Å². The highest BCUT2D eigenvalue weighted by Gasteiger charge is 2.16. The SMILES string of the molecule is CSC(CO)C(C)NC(=O)NCCCc1c[nH]c2ccccc12. The number of carbonyl (C=O) groups is 1. The number of aryl methyl sites for hydroxylation is 1. The number of hydrogen-bond donors (Lipinski definition) is 4. The Morgan fingerprint density at radius 3 is 2.91 bits per heavy atom. The lowest BCUT2D eigenvalue weighted by Gasteiger charge is -2.21. The predicted octanol–water partition coefficient (Wildman–Crippen LogP) is 2.51. The third-order valence-corrected chi connectivity index (χ3v) is 5.15. The molecule has 2 atom stereocenters. The molecule has 1 heterocycles. The van der Waals surface area contributed by atoms with E-state index in [2.05, 4.69) is 27.8 Å². The quantitative estimate of drug-likeness (QED) is 0.560. The number of urea groups is 1. The van der Waals surface area contributed by atoms with Gasteiger partial charge in [-0.15, -0.1) is 0 Å². The van der Waals surface area contributed by atoms with Crippen molar-refractivity contribution >= 4 is 28.7 Å². The molecule has 0 spiro atoms. The smallest absolute Gasteiger partial charge is 0.315 e. The maximum Gasteiger partial charge on any atom is 0.315 e. The summed E-state index contributed by atoms with van der Waals surface area (Å²) in [7, 11) is 0. The van der Waals surface area contributed by atoms with Crippen molar-refractivity contribution in [3.05, 3.63) is 36.0 Å². The molecular formula is C17H25N3O2S. The maximum absolute atomic E-state index is 11.8. The molecule has 0 aliphatic carbocycles. The molecule has 2 aromatic rings. The van der Waals surface area contributed by atoms with Gasteiger partial charge in [-0.05, 0) is 37.7 Å². The third kappa shape index (κ3) is 4.91. The number of fused-ring (bicyclic) bond motifs is 1. The molecule has 1 aromatic heterocycles. The van der Waals surface area contributed by atoms with Crippen molar-refractivity contribution in [3.63, 3.8) is 0 Å². The van der Waals surface area contributed by atoms with Crippen molar-refractivity contribution in [2.45, 2.75) is 31.1 Å². The van der Waals surface area contributed by atoms with Crippen LogP contribution in [0.4, 0.5) is 4.79 Å². The fraction of sp³-hybridized carbons (Fsp3) is 0.471. The molecule has 126 valence electrons. The second kappa shape index (κ2) is 8.84. The van der Waals surface area contributed by atoms with E-state index in [1.54, 1.807) is 11.8 Å². The van der Waals surface area contributed by atoms with Crippen LogP contribution >= 0.6 is 11.8 Å². The molecule has 4 N–H and O–H groups in total. The molecule has 2 amide bonds. The number of nitrogens with one attached hydrogen (secondary N) is 3. The van der Waals surface area contributed by atoms with Crippen LogP contribution < -0.4 is 10.6 Å². The number of amides is 2. The van der Waals surface area contributed by atoms with Crippen molar-refractivity contribution in [2.75, 3.05) is 19.4 Å². The third-order valence-electron chi connectivity index (χ3n) is 3.98. The van der Waals surface area contributed by atoms with Crippen LogP contribution in [0.15, 0.2) is 30.5 Å². The van der Waals surface area contributed by atoms with Crippen molar-refractivity contribution in [1.82, 2.24) is 15.6 Å². The van der Waals surface area contributed by atoms with Gasteiger partial charge in [0.15, 0.2) is 0 Å². The van der Waals surface area contributed by atoms with E-state index >= 15 is 0 Å². The molecule has 5 nitrogen and oxygen atoms in total. The van der Waals surface area contributed by atoms with Crippen molar-refractivity contribution in [1.29, 1.82) is 0 Å². The van der Waals surface area contributed by atoms with Gasteiger partial charge in [-0.3, -0.25) is 0 Å². The van der Waals surface area contributed by atoms with E-state index in [1.165, 1.54) is 10.9 Å². The zero-order chi connectivity index (χ0) is 16.7. The number of aliphatic hydroxyl groups excluding tert-OH is 1. The van der Waals surface area contributed by atoms with E-state index in [1.807, 2.05) is 31.5 Å². The lowest BCUT2D eigenvalue weighted by molar-refractivity contribution is 0.232. The Bertz CT molecular complexity index is 625. The highest BCUT2D eigenvalue weighted by Crippen LogP contribution is 2.18. The van der Waals surface area contributed by atoms with Crippen LogP contribution in [0.25, 0.3) is 10.9 Å². The number of hydrogen-bond acceptors (Lipinski definition) is 3. The van der Waals surface area contributed by atoms with Gasteiger partial charge < -0.3 is 20.7 Å². The first kappa shape index (κ1) is 17.7. The summed E-state index contributed by atoms with van der Waals surface area (Å²) in [5.74, 6) is 0. The Kier molecular flexibility index (Phi) is 6.80. The van der Waals surface area contributed by atoms with Gasteiger partial charge in [0.1, 0.15) is 0 Å². The zero-order valence-corrected chi connectivity index (χ0v) is 14.5. The Balaban J connectivity index is 1.72. The van der Waals surface area contributed by atoms with Gasteiger partial charge in [-0.25, -0.2) is 4.79 Å². The number of para-hydroxylation sites is 1. The van der Waals surface area contributed by atoms with Gasteiger partial charge in [0.25, 0.3) is 0 Å². The van der Waals surface area contributed by atoms with E-state index in [0.717, 1.165) is 18.4 Å². The predicted molar refractivity (Wildman–Crippen MR) is 97.0 cm³/mol. The topological polar surface area (TPSA) is 77.2 Å². The molecule has 0 fully saturated rings. The number of carbonyl (C=O) groups excluding carboxylic acids is 1. The van der Waals surface area contributed by atoms with Crippen molar-refractivity contribution in [2.24, 2.45) is 0 Å². The number of aromatic amines is 1. The summed E-state index contributed by atoms with van der Waals surface area (Å²) in [4.78, 5) is 15.1. The van der Waals surface area contributed by atoms with Gasteiger partial charge in [0, 0.05) is 34.9 Å². The number of thioether (sulfide) groups is 1. The molecule has 0 aliphatic heterocycles. The van der Waals surface area contributed by atoms with Crippen LogP contribution in [-0.4, -0.2) is 46.8 Å². The molecule has 0 saturated heterocycles. The van der Waals surface area contributed by atoms with Crippen molar-refractivity contribution in [3.8, 4) is 0 Å². The number of aromatic nitrogens is 1. The average molecular weight is 335 g/mol. The van der Waals surface area contributed by atoms with Gasteiger partial charge >= 0.3 is 6.03 Å². The normalized spacial score (nSPS) is 13.7. The fourth-order valence-electron chi connectivity index (χ4n) is 2.61. The van der Waals surface area contributed by atoms with E-state index in [0.29, 0.717) is 6.54 Å². The molecule has 1 aromatic carbocycles. The maximum atomic E-state index is 11.8. The number of benzene rings is 1. The summed E-state index contributed by atoms with van der Waals surface area (Å²) in [6.45, 7) is 2.59. The van der Waals surface area contributed by atoms with Crippen LogP contribution in [-0.2, 0) is 6.42 Å². The first-order valence-corrected chi connectivity index (χ1v) is 9.17. The summed E-state index contributed by atoms with van der Waals surface area (Å²) in [5.41, 5.74) is 2.42. The first-order chi connectivity index (χ1) is 11.2. The van der Waals surface area contributed by atoms with E-state index in [-0.39, 0.29) is 23.9 Å². The Morgan fingerprint density at radius 1 is 1.39 bits per heavy atom. The summed E-state index contributed by atoms with van der Waals surface area (Å²) in [5, 5.41) is 16.2. The number of rotatable bonds is 8. The Labute approximate surface area is 141 Å². The lowest BCUT2D eigenvalue weighted by atomic mass is 10.1. The number of H-pyrrole nitrogens is 1. The Morgan fingerprint density at radius 2 is 2.17 bits per heavy atom. The minimum absolute atomic E-state index is 0.0203. The van der Waals surface area contributed by atoms with Gasteiger partial charge in [0.2, 0.25) is 0 Å². The summed E-state index contributed by atoms with van der Waals surface area (Å²) < 4.78 is 0. The van der Waals surface area contributed by atoms with E-state index < -0.39 is 0 Å².